The lowest BCUT2D eigenvalue weighted by Crippen LogP contribution is -2.61. The zero-order valence-corrected chi connectivity index (χ0v) is 17.5. The summed E-state index contributed by atoms with van der Waals surface area (Å²) in [5.74, 6) is 2.83. The minimum absolute atomic E-state index is 0.0717. The van der Waals surface area contributed by atoms with E-state index in [9.17, 15) is 4.79 Å². The molecule has 0 saturated carbocycles. The average Bonchev–Trinajstić information content (AvgIpc) is 3.25. The van der Waals surface area contributed by atoms with Crippen molar-refractivity contribution in [3.63, 3.8) is 0 Å². The van der Waals surface area contributed by atoms with Crippen molar-refractivity contribution in [3.05, 3.63) is 35.4 Å². The summed E-state index contributed by atoms with van der Waals surface area (Å²) in [5.41, 5.74) is 2.57. The second-order valence-corrected chi connectivity index (χ2v) is 9.55. The standard InChI is InChI=1S/C24H31N3O3/c28-24(25-13-16-6-7-21-22(10-16)30-15-29-21)27-9-3-4-17-11-18-12-19(23(17)27)14-26-8-2-1-5-20(18)26/h6-7,10-11,18-20,23H,1-5,8-9,12-15H2,(H,25,28)/t18-,19-,20?,23?/m0/s1. The summed E-state index contributed by atoms with van der Waals surface area (Å²) < 4.78 is 10.8. The molecular formula is C24H31N3O3. The first-order valence-corrected chi connectivity index (χ1v) is 11.6. The Labute approximate surface area is 178 Å². The van der Waals surface area contributed by atoms with Gasteiger partial charge in [0, 0.05) is 25.7 Å². The maximum Gasteiger partial charge on any atom is 0.318 e. The van der Waals surface area contributed by atoms with Crippen molar-refractivity contribution in [3.8, 4) is 11.5 Å². The Kier molecular flexibility index (Phi) is 4.63. The smallest absolute Gasteiger partial charge is 0.318 e. The molecule has 6 nitrogen and oxygen atoms in total. The number of benzene rings is 1. The zero-order valence-electron chi connectivity index (χ0n) is 17.5. The SMILES string of the molecule is O=C(NCc1ccc2c(c1)OCO2)N1CCCC2=C[C@H]3C[C@@H](CN4CCCCC34)C21. The van der Waals surface area contributed by atoms with E-state index in [2.05, 4.69) is 21.2 Å². The molecule has 5 aliphatic rings. The van der Waals surface area contributed by atoms with Gasteiger partial charge in [0.15, 0.2) is 11.5 Å². The van der Waals surface area contributed by atoms with Crippen LogP contribution in [0.4, 0.5) is 4.79 Å². The van der Waals surface area contributed by atoms with Crippen LogP contribution >= 0.6 is 0 Å². The average molecular weight is 410 g/mol. The second-order valence-electron chi connectivity index (χ2n) is 9.55. The molecule has 6 heteroatoms. The van der Waals surface area contributed by atoms with Gasteiger partial charge in [0.25, 0.3) is 0 Å². The minimum Gasteiger partial charge on any atom is -0.454 e. The van der Waals surface area contributed by atoms with Crippen LogP contribution in [0.1, 0.15) is 44.1 Å². The van der Waals surface area contributed by atoms with Gasteiger partial charge in [-0.15, -0.1) is 0 Å². The fraction of sp³-hybridized carbons (Fsp3) is 0.625. The number of piperidine rings is 3. The monoisotopic (exact) mass is 409 g/mol. The fourth-order valence-corrected chi connectivity index (χ4v) is 6.53. The van der Waals surface area contributed by atoms with Gasteiger partial charge >= 0.3 is 6.03 Å². The van der Waals surface area contributed by atoms with E-state index >= 15 is 0 Å². The van der Waals surface area contributed by atoms with Crippen LogP contribution in [-0.2, 0) is 6.54 Å². The van der Waals surface area contributed by atoms with Crippen molar-refractivity contribution in [1.29, 1.82) is 0 Å². The number of amides is 2. The molecule has 2 bridgehead atoms. The van der Waals surface area contributed by atoms with Crippen molar-refractivity contribution in [2.45, 2.75) is 57.2 Å². The number of nitrogens with zero attached hydrogens (tertiary/aromatic N) is 2. The summed E-state index contributed by atoms with van der Waals surface area (Å²) in [6.07, 6.45) is 10.1. The quantitative estimate of drug-likeness (QED) is 0.760. The van der Waals surface area contributed by atoms with E-state index in [1.165, 1.54) is 37.8 Å². The molecule has 1 N–H and O–H groups in total. The summed E-state index contributed by atoms with van der Waals surface area (Å²) >= 11 is 0. The van der Waals surface area contributed by atoms with Crippen LogP contribution in [0.5, 0.6) is 11.5 Å². The third-order valence-electron chi connectivity index (χ3n) is 7.80. The fourth-order valence-electron chi connectivity index (χ4n) is 6.53. The number of ether oxygens (including phenoxy) is 2. The predicted octanol–water partition coefficient (Wildman–Crippen LogP) is 3.52. The molecule has 4 aliphatic heterocycles. The summed E-state index contributed by atoms with van der Waals surface area (Å²) in [4.78, 5) is 18.1. The maximum atomic E-state index is 13.2. The van der Waals surface area contributed by atoms with Crippen molar-refractivity contribution < 1.29 is 14.3 Å². The lowest BCUT2D eigenvalue weighted by Gasteiger charge is -2.54. The topological polar surface area (TPSA) is 54.0 Å². The van der Waals surface area contributed by atoms with E-state index in [1.807, 2.05) is 18.2 Å². The van der Waals surface area contributed by atoms with Crippen molar-refractivity contribution in [2.24, 2.45) is 11.8 Å². The van der Waals surface area contributed by atoms with Gasteiger partial charge in [0.1, 0.15) is 0 Å². The molecule has 2 amide bonds. The normalized spacial score (nSPS) is 32.1. The Hall–Kier alpha value is -2.21. The van der Waals surface area contributed by atoms with Crippen LogP contribution in [0.3, 0.4) is 0 Å². The van der Waals surface area contributed by atoms with E-state index in [-0.39, 0.29) is 18.9 Å². The molecule has 0 aromatic heterocycles. The first-order chi connectivity index (χ1) is 14.8. The number of carbonyl (C=O) groups excluding carboxylic acids is 1. The number of likely N-dealkylation sites (tertiary alicyclic amines) is 1. The van der Waals surface area contributed by atoms with Crippen LogP contribution in [0.15, 0.2) is 29.8 Å². The van der Waals surface area contributed by atoms with Crippen LogP contribution in [0.2, 0.25) is 0 Å². The molecule has 2 unspecified atom stereocenters. The molecule has 3 saturated heterocycles. The number of nitrogens with one attached hydrogen (secondary N) is 1. The number of hydrogen-bond acceptors (Lipinski definition) is 4. The Bertz CT molecular complexity index is 869. The van der Waals surface area contributed by atoms with Gasteiger partial charge in [-0.2, -0.15) is 0 Å². The molecule has 30 heavy (non-hydrogen) atoms. The molecule has 6 rings (SSSR count). The first-order valence-electron chi connectivity index (χ1n) is 11.6. The number of hydrogen-bond donors (Lipinski definition) is 1. The molecule has 4 atom stereocenters. The third kappa shape index (κ3) is 3.16. The Morgan fingerprint density at radius 1 is 1.13 bits per heavy atom. The number of urea groups is 1. The van der Waals surface area contributed by atoms with Gasteiger partial charge in [0.05, 0.1) is 6.04 Å². The molecule has 3 fully saturated rings. The van der Waals surface area contributed by atoms with Crippen LogP contribution < -0.4 is 14.8 Å². The highest BCUT2D eigenvalue weighted by atomic mass is 16.7. The van der Waals surface area contributed by atoms with E-state index in [4.69, 9.17) is 9.47 Å². The molecule has 1 aromatic rings. The van der Waals surface area contributed by atoms with Gasteiger partial charge in [-0.1, -0.05) is 24.1 Å². The van der Waals surface area contributed by atoms with Crippen LogP contribution in [-0.4, -0.2) is 54.3 Å². The number of rotatable bonds is 2. The van der Waals surface area contributed by atoms with Gasteiger partial charge < -0.3 is 19.7 Å². The van der Waals surface area contributed by atoms with Crippen LogP contribution in [0.25, 0.3) is 0 Å². The molecule has 0 spiro atoms. The number of fused-ring (bicyclic) bond motifs is 7. The van der Waals surface area contributed by atoms with Gasteiger partial charge in [-0.3, -0.25) is 4.90 Å². The Morgan fingerprint density at radius 3 is 3.03 bits per heavy atom. The summed E-state index contributed by atoms with van der Waals surface area (Å²) in [7, 11) is 0. The summed E-state index contributed by atoms with van der Waals surface area (Å²) in [5, 5.41) is 3.17. The third-order valence-corrected chi connectivity index (χ3v) is 7.80. The molecule has 1 aliphatic carbocycles. The van der Waals surface area contributed by atoms with Crippen molar-refractivity contribution in [2.75, 3.05) is 26.4 Å². The first kappa shape index (κ1) is 18.6. The molecule has 0 radical (unpaired) electrons. The maximum absolute atomic E-state index is 13.2. The van der Waals surface area contributed by atoms with Gasteiger partial charge in [0.2, 0.25) is 6.79 Å². The van der Waals surface area contributed by atoms with E-state index < -0.39 is 0 Å². The lowest BCUT2D eigenvalue weighted by molar-refractivity contribution is 0.00788. The molecular weight excluding hydrogens is 378 g/mol. The highest BCUT2D eigenvalue weighted by Crippen LogP contribution is 2.45. The van der Waals surface area contributed by atoms with E-state index in [1.54, 1.807) is 0 Å². The van der Waals surface area contributed by atoms with Gasteiger partial charge in [-0.05, 0) is 68.2 Å². The van der Waals surface area contributed by atoms with E-state index in [0.29, 0.717) is 18.4 Å². The molecule has 160 valence electrons. The van der Waals surface area contributed by atoms with Crippen LogP contribution in [0, 0.1) is 11.8 Å². The van der Waals surface area contributed by atoms with E-state index in [0.717, 1.165) is 49.0 Å². The van der Waals surface area contributed by atoms with Gasteiger partial charge in [-0.25, -0.2) is 4.79 Å². The molecule has 1 aromatic carbocycles. The largest absolute Gasteiger partial charge is 0.454 e. The summed E-state index contributed by atoms with van der Waals surface area (Å²) in [6, 6.07) is 6.99. The highest BCUT2D eigenvalue weighted by Gasteiger charge is 2.46. The lowest BCUT2D eigenvalue weighted by atomic mass is 9.68. The van der Waals surface area contributed by atoms with Crippen molar-refractivity contribution >= 4 is 6.03 Å². The highest BCUT2D eigenvalue weighted by molar-refractivity contribution is 5.75. The van der Waals surface area contributed by atoms with Crippen molar-refractivity contribution in [1.82, 2.24) is 15.1 Å². The Morgan fingerprint density at radius 2 is 2.07 bits per heavy atom. The second kappa shape index (κ2) is 7.49. The predicted molar refractivity (Wildman–Crippen MR) is 113 cm³/mol. The Balaban J connectivity index is 1.17. The zero-order chi connectivity index (χ0) is 20.1. The minimum atomic E-state index is 0.0717. The number of carbonyl (C=O) groups is 1. The molecule has 4 heterocycles. The summed E-state index contributed by atoms with van der Waals surface area (Å²) in [6.45, 7) is 4.05.